The van der Waals surface area contributed by atoms with Crippen molar-refractivity contribution in [2.75, 3.05) is 12.8 Å². The zero-order chi connectivity index (χ0) is 29.2. The van der Waals surface area contributed by atoms with E-state index < -0.39 is 7.60 Å². The van der Waals surface area contributed by atoms with E-state index in [-0.39, 0.29) is 17.1 Å². The van der Waals surface area contributed by atoms with Crippen molar-refractivity contribution in [3.63, 3.8) is 0 Å². The van der Waals surface area contributed by atoms with Crippen molar-refractivity contribution in [2.45, 2.75) is 219 Å². The van der Waals surface area contributed by atoms with E-state index in [4.69, 9.17) is 4.52 Å². The molecule has 5 heteroatoms. The largest absolute Gasteiger partial charge is 0.328 e. The van der Waals surface area contributed by atoms with Crippen LogP contribution in [0.15, 0.2) is 0 Å². The van der Waals surface area contributed by atoms with E-state index in [2.05, 4.69) is 13.8 Å². The van der Waals surface area contributed by atoms with Crippen LogP contribution >= 0.6 is 7.60 Å². The molecule has 0 aromatic rings. The Morgan fingerprint density at radius 2 is 0.610 bits per heavy atom. The standard InChI is InChI=1S/C36H75O3P.Fe/c1-3-5-7-9-11-13-15-17-19-21-23-25-27-29-31-33-35-39-40(37,38)36-34-32-30-28-26-24-22-20-18-16-14-12-10-8-6-4-2;/h3-36H2,1-2H3,(H,37,38);. The minimum Gasteiger partial charge on any atom is -0.324 e. The van der Waals surface area contributed by atoms with Gasteiger partial charge in [0.1, 0.15) is 0 Å². The van der Waals surface area contributed by atoms with Crippen molar-refractivity contribution in [2.24, 2.45) is 0 Å². The summed E-state index contributed by atoms with van der Waals surface area (Å²) in [4.78, 5) is 10.1. The number of rotatable bonds is 35. The Bertz CT molecular complexity index is 517. The predicted molar refractivity (Wildman–Crippen MR) is 180 cm³/mol. The zero-order valence-electron chi connectivity index (χ0n) is 28.1. The van der Waals surface area contributed by atoms with Gasteiger partial charge in [0, 0.05) is 23.2 Å². The van der Waals surface area contributed by atoms with Gasteiger partial charge in [0.25, 0.3) is 0 Å². The fourth-order valence-electron chi connectivity index (χ4n) is 5.78. The summed E-state index contributed by atoms with van der Waals surface area (Å²) in [5.74, 6) is 0. The Hall–Kier alpha value is 0.669. The molecule has 1 atom stereocenters. The molecule has 0 aromatic carbocycles. The fourth-order valence-corrected chi connectivity index (χ4v) is 6.95. The van der Waals surface area contributed by atoms with Gasteiger partial charge >= 0.3 is 7.60 Å². The normalized spacial score (nSPS) is 12.9. The Labute approximate surface area is 269 Å². The van der Waals surface area contributed by atoms with Crippen molar-refractivity contribution in [1.29, 1.82) is 0 Å². The first-order valence-electron chi connectivity index (χ1n) is 18.6. The third-order valence-corrected chi connectivity index (χ3v) is 10.1. The maximum atomic E-state index is 12.3. The van der Waals surface area contributed by atoms with Crippen LogP contribution in [0.5, 0.6) is 0 Å². The second-order valence-electron chi connectivity index (χ2n) is 12.8. The Balaban J connectivity index is 0. The first-order chi connectivity index (χ1) is 19.6. The van der Waals surface area contributed by atoms with Gasteiger partial charge in [-0.1, -0.05) is 206 Å². The van der Waals surface area contributed by atoms with Crippen LogP contribution in [-0.4, -0.2) is 17.7 Å². The van der Waals surface area contributed by atoms with Crippen molar-refractivity contribution >= 4 is 7.60 Å². The van der Waals surface area contributed by atoms with Crippen LogP contribution in [0.1, 0.15) is 219 Å². The summed E-state index contributed by atoms with van der Waals surface area (Å²) >= 11 is 0. The quantitative estimate of drug-likeness (QED) is 0.0425. The second kappa shape index (κ2) is 36.9. The molecule has 3 nitrogen and oxygen atoms in total. The van der Waals surface area contributed by atoms with Gasteiger partial charge < -0.3 is 9.42 Å². The van der Waals surface area contributed by atoms with E-state index in [0.29, 0.717) is 12.8 Å². The summed E-state index contributed by atoms with van der Waals surface area (Å²) in [5, 5.41) is 0. The van der Waals surface area contributed by atoms with E-state index in [9.17, 15) is 9.46 Å². The topological polar surface area (TPSA) is 46.5 Å². The van der Waals surface area contributed by atoms with Crippen molar-refractivity contribution in [3.8, 4) is 0 Å². The van der Waals surface area contributed by atoms with E-state index in [1.54, 1.807) is 0 Å². The third-order valence-electron chi connectivity index (χ3n) is 8.59. The molecule has 0 radical (unpaired) electrons. The van der Waals surface area contributed by atoms with E-state index >= 15 is 0 Å². The Kier molecular flexibility index (Phi) is 39.4. The predicted octanol–water partition coefficient (Wildman–Crippen LogP) is 13.7. The third kappa shape index (κ3) is 38.6. The van der Waals surface area contributed by atoms with Gasteiger partial charge in [0.15, 0.2) is 0 Å². The molecule has 0 fully saturated rings. The smallest absolute Gasteiger partial charge is 0.324 e. The summed E-state index contributed by atoms with van der Waals surface area (Å²) in [6.07, 6.45) is 42.9. The number of hydrogen-bond acceptors (Lipinski definition) is 2. The second-order valence-corrected chi connectivity index (χ2v) is 14.8. The van der Waals surface area contributed by atoms with Gasteiger partial charge in [0.2, 0.25) is 0 Å². The van der Waals surface area contributed by atoms with Gasteiger partial charge in [-0.25, -0.2) is 0 Å². The van der Waals surface area contributed by atoms with Gasteiger partial charge in [-0.2, -0.15) is 0 Å². The molecule has 0 saturated heterocycles. The molecule has 0 amide bonds. The van der Waals surface area contributed by atoms with Gasteiger partial charge in [-0.3, -0.25) is 4.57 Å². The van der Waals surface area contributed by atoms with Crippen LogP contribution in [0.4, 0.5) is 0 Å². The molecule has 41 heavy (non-hydrogen) atoms. The van der Waals surface area contributed by atoms with E-state index in [1.165, 1.54) is 180 Å². The summed E-state index contributed by atoms with van der Waals surface area (Å²) in [5.41, 5.74) is 0. The van der Waals surface area contributed by atoms with Crippen molar-refractivity contribution in [3.05, 3.63) is 0 Å². The van der Waals surface area contributed by atoms with Gasteiger partial charge in [-0.15, -0.1) is 0 Å². The monoisotopic (exact) mass is 642 g/mol. The van der Waals surface area contributed by atoms with Crippen molar-refractivity contribution < 1.29 is 31.1 Å². The minimum absolute atomic E-state index is 0. The zero-order valence-corrected chi connectivity index (χ0v) is 30.1. The van der Waals surface area contributed by atoms with E-state index in [1.807, 2.05) is 0 Å². The molecular formula is C36H75FeO3P. The van der Waals surface area contributed by atoms with Crippen LogP contribution in [0.25, 0.3) is 0 Å². The molecule has 0 aliphatic rings. The maximum Gasteiger partial charge on any atom is 0.328 e. The molecule has 0 spiro atoms. The molecule has 0 rings (SSSR count). The van der Waals surface area contributed by atoms with Crippen LogP contribution in [0.3, 0.4) is 0 Å². The molecule has 0 heterocycles. The average Bonchev–Trinajstić information content (AvgIpc) is 2.94. The molecule has 1 unspecified atom stereocenters. The average molecular weight is 643 g/mol. The fraction of sp³-hybridized carbons (Fsp3) is 1.00. The molecule has 0 bridgehead atoms. The molecule has 0 saturated carbocycles. The van der Waals surface area contributed by atoms with E-state index in [0.717, 1.165) is 25.7 Å². The SMILES string of the molecule is CCCCCCCCCCCCCCCCCCOP(=O)(O)CCCCCCCCCCCCCCCCCC.[Fe]. The van der Waals surface area contributed by atoms with Gasteiger partial charge in [-0.05, 0) is 12.8 Å². The number of unbranched alkanes of at least 4 members (excludes halogenated alkanes) is 30. The Morgan fingerprint density at radius 1 is 0.390 bits per heavy atom. The van der Waals surface area contributed by atoms with Gasteiger partial charge in [0.05, 0.1) is 6.61 Å². The summed E-state index contributed by atoms with van der Waals surface area (Å²) in [6, 6.07) is 0. The molecule has 0 aliphatic heterocycles. The molecule has 1 N–H and O–H groups in total. The first kappa shape index (κ1) is 43.8. The van der Waals surface area contributed by atoms with Crippen LogP contribution in [0.2, 0.25) is 0 Å². The molecule has 250 valence electrons. The summed E-state index contributed by atoms with van der Waals surface area (Å²) in [7, 11) is -3.37. The molecule has 0 aliphatic carbocycles. The molecular weight excluding hydrogens is 567 g/mol. The summed E-state index contributed by atoms with van der Waals surface area (Å²) in [6.45, 7) is 5.02. The molecule has 0 aromatic heterocycles. The minimum atomic E-state index is -3.37. The van der Waals surface area contributed by atoms with Crippen molar-refractivity contribution in [1.82, 2.24) is 0 Å². The van der Waals surface area contributed by atoms with Crippen LogP contribution in [0, 0.1) is 0 Å². The first-order valence-corrected chi connectivity index (χ1v) is 20.3. The maximum absolute atomic E-state index is 12.3. The Morgan fingerprint density at radius 3 is 0.878 bits per heavy atom. The van der Waals surface area contributed by atoms with Crippen LogP contribution in [-0.2, 0) is 26.2 Å². The summed E-state index contributed by atoms with van der Waals surface area (Å²) < 4.78 is 17.6. The van der Waals surface area contributed by atoms with Crippen LogP contribution < -0.4 is 0 Å². The number of hydrogen-bond donors (Lipinski definition) is 1.